The Morgan fingerprint density at radius 1 is 1.77 bits per heavy atom. The van der Waals surface area contributed by atoms with E-state index in [1.807, 2.05) is 6.92 Å². The molecule has 1 aromatic heterocycles. The number of aromatic nitrogens is 1. The summed E-state index contributed by atoms with van der Waals surface area (Å²) in [5, 5.41) is 3.33. The summed E-state index contributed by atoms with van der Waals surface area (Å²) in [6.45, 7) is 2.96. The third-order valence-corrected chi connectivity index (χ3v) is 2.36. The molecule has 1 fully saturated rings. The zero-order chi connectivity index (χ0) is 9.26. The minimum Gasteiger partial charge on any atom is -0.447 e. The maximum atomic E-state index is 5.68. The Balaban J connectivity index is 2.12. The Hall–Kier alpha value is -0.870. The van der Waals surface area contributed by atoms with E-state index in [-0.39, 0.29) is 6.04 Å². The van der Waals surface area contributed by atoms with Crippen LogP contribution >= 0.6 is 0 Å². The molecule has 0 bridgehead atoms. The summed E-state index contributed by atoms with van der Waals surface area (Å²) in [5.74, 6) is 0.782. The number of hydrogen-bond donors (Lipinski definition) is 2. The van der Waals surface area contributed by atoms with Gasteiger partial charge in [0.25, 0.3) is 0 Å². The highest BCUT2D eigenvalue weighted by atomic mass is 16.3. The van der Waals surface area contributed by atoms with Gasteiger partial charge in [-0.25, -0.2) is 4.98 Å². The van der Waals surface area contributed by atoms with Crippen LogP contribution in [0.3, 0.4) is 0 Å². The van der Waals surface area contributed by atoms with Crippen molar-refractivity contribution in [1.82, 2.24) is 10.3 Å². The van der Waals surface area contributed by atoms with Crippen LogP contribution in [0.1, 0.15) is 43.4 Å². The molecule has 1 aromatic rings. The first-order valence-electron chi connectivity index (χ1n) is 4.71. The fourth-order valence-electron chi connectivity index (χ4n) is 1.57. The molecule has 3 N–H and O–H groups in total. The van der Waals surface area contributed by atoms with Crippen molar-refractivity contribution in [2.75, 3.05) is 6.54 Å². The molecule has 0 saturated carbocycles. The lowest BCUT2D eigenvalue weighted by Gasteiger charge is -2.03. The first-order chi connectivity index (χ1) is 6.27. The largest absolute Gasteiger partial charge is 0.447 e. The van der Waals surface area contributed by atoms with Gasteiger partial charge in [-0.2, -0.15) is 0 Å². The van der Waals surface area contributed by atoms with Gasteiger partial charge in [-0.3, -0.25) is 0 Å². The summed E-state index contributed by atoms with van der Waals surface area (Å²) in [7, 11) is 0. The Morgan fingerprint density at radius 3 is 3.15 bits per heavy atom. The smallest absolute Gasteiger partial charge is 0.211 e. The van der Waals surface area contributed by atoms with E-state index < -0.39 is 0 Å². The predicted molar refractivity (Wildman–Crippen MR) is 49.1 cm³/mol. The van der Waals surface area contributed by atoms with Gasteiger partial charge in [0.15, 0.2) is 0 Å². The summed E-state index contributed by atoms with van der Waals surface area (Å²) in [5.41, 5.74) is 6.52. The minimum atomic E-state index is -0.0427. The molecule has 0 spiro atoms. The molecule has 4 nitrogen and oxygen atoms in total. The first kappa shape index (κ1) is 8.72. The monoisotopic (exact) mass is 181 g/mol. The van der Waals surface area contributed by atoms with E-state index >= 15 is 0 Å². The van der Waals surface area contributed by atoms with Crippen LogP contribution in [0.25, 0.3) is 0 Å². The highest BCUT2D eigenvalue weighted by Gasteiger charge is 2.21. The molecular weight excluding hydrogens is 166 g/mol. The van der Waals surface area contributed by atoms with Crippen molar-refractivity contribution < 1.29 is 4.42 Å². The molecule has 2 rings (SSSR count). The topological polar surface area (TPSA) is 64.1 Å². The summed E-state index contributed by atoms with van der Waals surface area (Å²) >= 11 is 0. The van der Waals surface area contributed by atoms with Gasteiger partial charge in [-0.1, -0.05) is 0 Å². The molecule has 13 heavy (non-hydrogen) atoms. The Labute approximate surface area is 77.5 Å². The van der Waals surface area contributed by atoms with Gasteiger partial charge < -0.3 is 15.5 Å². The van der Waals surface area contributed by atoms with Gasteiger partial charge >= 0.3 is 0 Å². The summed E-state index contributed by atoms with van der Waals surface area (Å²) in [4.78, 5) is 4.34. The molecule has 0 aromatic carbocycles. The fraction of sp³-hybridized carbons (Fsp3) is 0.667. The SMILES string of the molecule is CC(N)c1coc(C2CCCN2)n1. The normalized spacial score (nSPS) is 24.9. The molecule has 72 valence electrons. The van der Waals surface area contributed by atoms with Crippen LogP contribution in [0.4, 0.5) is 0 Å². The van der Waals surface area contributed by atoms with E-state index in [2.05, 4.69) is 10.3 Å². The van der Waals surface area contributed by atoms with Crippen molar-refractivity contribution >= 4 is 0 Å². The summed E-state index contributed by atoms with van der Waals surface area (Å²) < 4.78 is 5.36. The molecule has 2 unspecified atom stereocenters. The minimum absolute atomic E-state index is 0.0427. The van der Waals surface area contributed by atoms with E-state index in [0.717, 1.165) is 24.6 Å². The highest BCUT2D eigenvalue weighted by Crippen LogP contribution is 2.23. The lowest BCUT2D eigenvalue weighted by molar-refractivity contribution is 0.429. The summed E-state index contributed by atoms with van der Waals surface area (Å²) in [6, 6.07) is 0.256. The van der Waals surface area contributed by atoms with E-state index in [9.17, 15) is 0 Å². The van der Waals surface area contributed by atoms with E-state index in [1.165, 1.54) is 6.42 Å². The van der Waals surface area contributed by atoms with Crippen LogP contribution in [-0.4, -0.2) is 11.5 Å². The second kappa shape index (κ2) is 3.47. The molecule has 4 heteroatoms. The molecule has 0 amide bonds. The first-order valence-corrected chi connectivity index (χ1v) is 4.71. The predicted octanol–water partition coefficient (Wildman–Crippen LogP) is 1.12. The maximum absolute atomic E-state index is 5.68. The molecule has 1 saturated heterocycles. The Bertz CT molecular complexity index is 276. The number of nitrogens with zero attached hydrogens (tertiary/aromatic N) is 1. The third-order valence-electron chi connectivity index (χ3n) is 2.36. The lowest BCUT2D eigenvalue weighted by Crippen LogP contribution is -2.13. The average molecular weight is 181 g/mol. The Kier molecular flexibility index (Phi) is 2.33. The Morgan fingerprint density at radius 2 is 2.62 bits per heavy atom. The van der Waals surface area contributed by atoms with Crippen LogP contribution < -0.4 is 11.1 Å². The third kappa shape index (κ3) is 1.73. The van der Waals surface area contributed by atoms with Crippen LogP contribution in [-0.2, 0) is 0 Å². The molecule has 0 aliphatic carbocycles. The highest BCUT2D eigenvalue weighted by molar-refractivity contribution is 5.04. The number of nitrogens with two attached hydrogens (primary N) is 1. The number of hydrogen-bond acceptors (Lipinski definition) is 4. The number of oxazole rings is 1. The van der Waals surface area contributed by atoms with Gasteiger partial charge in [0.05, 0.1) is 11.7 Å². The average Bonchev–Trinajstić information content (AvgIpc) is 2.75. The zero-order valence-electron chi connectivity index (χ0n) is 7.79. The molecule has 2 atom stereocenters. The molecule has 0 radical (unpaired) electrons. The zero-order valence-corrected chi connectivity index (χ0v) is 7.79. The lowest BCUT2D eigenvalue weighted by atomic mass is 10.2. The second-order valence-electron chi connectivity index (χ2n) is 3.55. The van der Waals surface area contributed by atoms with E-state index in [1.54, 1.807) is 6.26 Å². The van der Waals surface area contributed by atoms with Crippen molar-refractivity contribution in [2.24, 2.45) is 5.73 Å². The van der Waals surface area contributed by atoms with Crippen molar-refractivity contribution in [3.8, 4) is 0 Å². The molecular formula is C9H15N3O. The number of rotatable bonds is 2. The van der Waals surface area contributed by atoms with Crippen molar-refractivity contribution in [3.63, 3.8) is 0 Å². The quantitative estimate of drug-likeness (QED) is 0.717. The molecule has 2 heterocycles. The van der Waals surface area contributed by atoms with Gasteiger partial charge in [0.2, 0.25) is 5.89 Å². The van der Waals surface area contributed by atoms with Gasteiger partial charge in [0.1, 0.15) is 6.26 Å². The van der Waals surface area contributed by atoms with Crippen LogP contribution in [0, 0.1) is 0 Å². The van der Waals surface area contributed by atoms with Gasteiger partial charge in [0, 0.05) is 6.04 Å². The van der Waals surface area contributed by atoms with Crippen LogP contribution in [0.2, 0.25) is 0 Å². The van der Waals surface area contributed by atoms with E-state index in [4.69, 9.17) is 10.2 Å². The van der Waals surface area contributed by atoms with Gasteiger partial charge in [-0.05, 0) is 26.3 Å². The van der Waals surface area contributed by atoms with Crippen molar-refractivity contribution in [1.29, 1.82) is 0 Å². The summed E-state index contributed by atoms with van der Waals surface area (Å²) in [6.07, 6.45) is 3.96. The molecule has 1 aliphatic heterocycles. The fourth-order valence-corrected chi connectivity index (χ4v) is 1.57. The van der Waals surface area contributed by atoms with Gasteiger partial charge in [-0.15, -0.1) is 0 Å². The number of nitrogens with one attached hydrogen (secondary N) is 1. The second-order valence-corrected chi connectivity index (χ2v) is 3.55. The van der Waals surface area contributed by atoms with Crippen molar-refractivity contribution in [3.05, 3.63) is 17.8 Å². The van der Waals surface area contributed by atoms with Crippen LogP contribution in [0.5, 0.6) is 0 Å². The van der Waals surface area contributed by atoms with Crippen molar-refractivity contribution in [2.45, 2.75) is 31.8 Å². The van der Waals surface area contributed by atoms with E-state index in [0.29, 0.717) is 6.04 Å². The molecule has 1 aliphatic rings. The standard InChI is InChI=1S/C9H15N3O/c1-6(10)8-5-13-9(12-8)7-3-2-4-11-7/h5-7,11H,2-4,10H2,1H3. The van der Waals surface area contributed by atoms with Crippen LogP contribution in [0.15, 0.2) is 10.7 Å². The maximum Gasteiger partial charge on any atom is 0.211 e.